The molecule has 0 spiro atoms. The lowest BCUT2D eigenvalue weighted by molar-refractivity contribution is 0.340. The fraction of sp³-hybridized carbons (Fsp3) is 0.143. The summed E-state index contributed by atoms with van der Waals surface area (Å²) in [6.45, 7) is 2.67. The van der Waals surface area contributed by atoms with Crippen molar-refractivity contribution in [2.45, 2.75) is 6.92 Å². The summed E-state index contributed by atoms with van der Waals surface area (Å²) < 4.78 is 5.37. The highest BCUT2D eigenvalue weighted by Gasteiger charge is 1.97. The van der Waals surface area contributed by atoms with E-state index in [4.69, 9.17) is 4.74 Å². The van der Waals surface area contributed by atoms with E-state index in [0.717, 1.165) is 11.3 Å². The van der Waals surface area contributed by atoms with Crippen molar-refractivity contribution in [2.24, 2.45) is 0 Å². The second-order valence-electron chi connectivity index (χ2n) is 3.24. The number of hydrogen-bond acceptors (Lipinski definition) is 1. The van der Waals surface area contributed by atoms with Crippen molar-refractivity contribution >= 4 is 0 Å². The van der Waals surface area contributed by atoms with E-state index in [9.17, 15) is 0 Å². The predicted molar refractivity (Wildman–Crippen MR) is 61.9 cm³/mol. The molecule has 0 bridgehead atoms. The number of ether oxygens (including phenoxy) is 1. The molecular formula is C14H13O. The van der Waals surface area contributed by atoms with Crippen LogP contribution < -0.4 is 4.74 Å². The summed E-state index contributed by atoms with van der Waals surface area (Å²) in [5.74, 6) is 0.872. The molecule has 0 aliphatic heterocycles. The Morgan fingerprint density at radius 1 is 1.07 bits per heavy atom. The molecule has 0 heterocycles. The molecule has 2 aromatic carbocycles. The Kier molecular flexibility index (Phi) is 3.03. The Morgan fingerprint density at radius 3 is 2.47 bits per heavy atom. The minimum atomic E-state index is 0.693. The van der Waals surface area contributed by atoms with E-state index in [-0.39, 0.29) is 0 Å². The van der Waals surface area contributed by atoms with E-state index in [1.165, 1.54) is 5.56 Å². The summed E-state index contributed by atoms with van der Waals surface area (Å²) in [4.78, 5) is 0. The average Bonchev–Trinajstić information content (AvgIpc) is 2.32. The standard InChI is InChI=1S/C14H13O/c1-2-15-14-10-8-13(9-11-14)12-6-4-3-5-7-12/h3-8,10-11H,2H2,1H3. The van der Waals surface area contributed by atoms with Crippen LogP contribution in [-0.2, 0) is 0 Å². The first-order valence-corrected chi connectivity index (χ1v) is 5.10. The van der Waals surface area contributed by atoms with Crippen LogP contribution in [0.1, 0.15) is 6.92 Å². The molecule has 2 aromatic rings. The number of rotatable bonds is 3. The lowest BCUT2D eigenvalue weighted by atomic mass is 10.1. The van der Waals surface area contributed by atoms with Crippen LogP contribution in [0.4, 0.5) is 0 Å². The van der Waals surface area contributed by atoms with Crippen molar-refractivity contribution in [1.82, 2.24) is 0 Å². The highest BCUT2D eigenvalue weighted by molar-refractivity contribution is 5.63. The topological polar surface area (TPSA) is 9.23 Å². The van der Waals surface area contributed by atoms with Crippen LogP contribution >= 0.6 is 0 Å². The molecule has 15 heavy (non-hydrogen) atoms. The fourth-order valence-corrected chi connectivity index (χ4v) is 1.46. The van der Waals surface area contributed by atoms with Crippen LogP contribution in [0.2, 0.25) is 0 Å². The quantitative estimate of drug-likeness (QED) is 0.731. The summed E-state index contributed by atoms with van der Waals surface area (Å²) in [5.41, 5.74) is 2.28. The van der Waals surface area contributed by atoms with Gasteiger partial charge in [0.1, 0.15) is 5.75 Å². The third-order valence-corrected chi connectivity index (χ3v) is 2.18. The van der Waals surface area contributed by atoms with Gasteiger partial charge in [0.2, 0.25) is 0 Å². The first-order valence-electron chi connectivity index (χ1n) is 5.10. The molecule has 0 aliphatic carbocycles. The molecule has 0 aromatic heterocycles. The minimum absolute atomic E-state index is 0.693. The Balaban J connectivity index is 2.24. The van der Waals surface area contributed by atoms with Gasteiger partial charge >= 0.3 is 0 Å². The van der Waals surface area contributed by atoms with Crippen LogP contribution in [0.3, 0.4) is 0 Å². The first-order chi connectivity index (χ1) is 7.40. The number of hydrogen-bond donors (Lipinski definition) is 0. The lowest BCUT2D eigenvalue weighted by Crippen LogP contribution is -1.90. The molecule has 0 atom stereocenters. The Morgan fingerprint density at radius 2 is 1.87 bits per heavy atom. The zero-order chi connectivity index (χ0) is 10.5. The van der Waals surface area contributed by atoms with Crippen LogP contribution in [0.15, 0.2) is 48.5 Å². The predicted octanol–water partition coefficient (Wildman–Crippen LogP) is 3.55. The molecular weight excluding hydrogens is 184 g/mol. The van der Waals surface area contributed by atoms with Crippen molar-refractivity contribution < 1.29 is 4.74 Å². The molecule has 1 heteroatoms. The van der Waals surface area contributed by atoms with E-state index in [2.05, 4.69) is 18.2 Å². The van der Waals surface area contributed by atoms with Gasteiger partial charge in [0.05, 0.1) is 6.61 Å². The highest BCUT2D eigenvalue weighted by Crippen LogP contribution is 2.21. The normalized spacial score (nSPS) is 9.93. The average molecular weight is 197 g/mol. The third-order valence-electron chi connectivity index (χ3n) is 2.18. The second kappa shape index (κ2) is 4.65. The molecule has 0 saturated heterocycles. The number of benzene rings is 2. The second-order valence-corrected chi connectivity index (χ2v) is 3.24. The molecule has 0 N–H and O–H groups in total. The van der Waals surface area contributed by atoms with Gasteiger partial charge in [0, 0.05) is 0 Å². The summed E-state index contributed by atoms with van der Waals surface area (Å²) in [6.07, 6.45) is 0. The van der Waals surface area contributed by atoms with Gasteiger partial charge in [-0.1, -0.05) is 36.4 Å². The smallest absolute Gasteiger partial charge is 0.119 e. The fourth-order valence-electron chi connectivity index (χ4n) is 1.46. The van der Waals surface area contributed by atoms with E-state index < -0.39 is 0 Å². The molecule has 0 unspecified atom stereocenters. The molecule has 1 nitrogen and oxygen atoms in total. The van der Waals surface area contributed by atoms with Crippen molar-refractivity contribution in [3.8, 4) is 16.9 Å². The van der Waals surface area contributed by atoms with Gasteiger partial charge in [-0.25, -0.2) is 0 Å². The maximum atomic E-state index is 5.37. The van der Waals surface area contributed by atoms with E-state index in [0.29, 0.717) is 6.61 Å². The third kappa shape index (κ3) is 2.38. The summed E-state index contributed by atoms with van der Waals surface area (Å²) >= 11 is 0. The molecule has 1 radical (unpaired) electrons. The van der Waals surface area contributed by atoms with Gasteiger partial charge in [-0.15, -0.1) is 0 Å². The minimum Gasteiger partial charge on any atom is -0.494 e. The zero-order valence-electron chi connectivity index (χ0n) is 8.73. The van der Waals surface area contributed by atoms with E-state index >= 15 is 0 Å². The van der Waals surface area contributed by atoms with Crippen molar-refractivity contribution in [3.05, 3.63) is 54.6 Å². The van der Waals surface area contributed by atoms with Crippen molar-refractivity contribution in [2.75, 3.05) is 6.61 Å². The van der Waals surface area contributed by atoms with Crippen molar-refractivity contribution in [3.63, 3.8) is 0 Å². The Bertz CT molecular complexity index is 403. The summed E-state index contributed by atoms with van der Waals surface area (Å²) in [7, 11) is 0. The van der Waals surface area contributed by atoms with Gasteiger partial charge in [-0.3, -0.25) is 0 Å². The molecule has 2 rings (SSSR count). The van der Waals surface area contributed by atoms with Gasteiger partial charge < -0.3 is 4.74 Å². The Labute approximate surface area is 90.3 Å². The summed E-state index contributed by atoms with van der Waals surface area (Å²) in [6, 6.07) is 19.3. The van der Waals surface area contributed by atoms with Gasteiger partial charge in [0.25, 0.3) is 0 Å². The lowest BCUT2D eigenvalue weighted by Gasteiger charge is -2.04. The zero-order valence-corrected chi connectivity index (χ0v) is 8.73. The van der Waals surface area contributed by atoms with E-state index in [1.807, 2.05) is 43.3 Å². The maximum Gasteiger partial charge on any atom is 0.119 e. The molecule has 0 aliphatic rings. The van der Waals surface area contributed by atoms with Crippen molar-refractivity contribution in [1.29, 1.82) is 0 Å². The van der Waals surface area contributed by atoms with Gasteiger partial charge in [0.15, 0.2) is 0 Å². The first kappa shape index (κ1) is 9.78. The molecule has 0 amide bonds. The monoisotopic (exact) mass is 197 g/mol. The maximum absolute atomic E-state index is 5.37. The Hall–Kier alpha value is -1.76. The van der Waals surface area contributed by atoms with Crippen LogP contribution in [-0.4, -0.2) is 6.61 Å². The van der Waals surface area contributed by atoms with Gasteiger partial charge in [-0.05, 0) is 36.2 Å². The molecule has 0 fully saturated rings. The molecule has 0 saturated carbocycles. The highest BCUT2D eigenvalue weighted by atomic mass is 16.5. The van der Waals surface area contributed by atoms with Crippen LogP contribution in [0.5, 0.6) is 5.75 Å². The summed E-state index contributed by atoms with van der Waals surface area (Å²) in [5, 5.41) is 0. The molecule has 75 valence electrons. The van der Waals surface area contributed by atoms with E-state index in [1.54, 1.807) is 0 Å². The van der Waals surface area contributed by atoms with Crippen LogP contribution in [0.25, 0.3) is 11.1 Å². The SMILES string of the molecule is CCOc1c[c]c(-c2ccccc2)cc1. The van der Waals surface area contributed by atoms with Gasteiger partial charge in [-0.2, -0.15) is 0 Å². The largest absolute Gasteiger partial charge is 0.494 e. The van der Waals surface area contributed by atoms with Crippen LogP contribution in [0, 0.1) is 6.07 Å².